The summed E-state index contributed by atoms with van der Waals surface area (Å²) in [6.07, 6.45) is -0.368. The Morgan fingerprint density at radius 3 is 2.64 bits per heavy atom. The van der Waals surface area contributed by atoms with Crippen LogP contribution in [-0.2, 0) is 16.0 Å². The maximum Gasteiger partial charge on any atom is 0.421 e. The lowest BCUT2D eigenvalue weighted by atomic mass is 10.0. The highest BCUT2D eigenvalue weighted by Crippen LogP contribution is 2.42. The molecule has 1 aromatic heterocycles. The van der Waals surface area contributed by atoms with Crippen molar-refractivity contribution in [1.82, 2.24) is 4.98 Å². The second-order valence-electron chi connectivity index (χ2n) is 5.50. The molecule has 2 aliphatic rings. The van der Waals surface area contributed by atoms with Crippen molar-refractivity contribution in [3.63, 3.8) is 0 Å². The molecule has 1 fully saturated rings. The molecule has 0 saturated carbocycles. The molecule has 0 amide bonds. The van der Waals surface area contributed by atoms with Crippen LogP contribution in [0.15, 0.2) is 18.3 Å². The first-order valence-electron chi connectivity index (χ1n) is 6.78. The van der Waals surface area contributed by atoms with E-state index in [1.54, 1.807) is 6.08 Å². The van der Waals surface area contributed by atoms with Gasteiger partial charge in [0.2, 0.25) is 5.88 Å². The number of ether oxygens (including phenoxy) is 1. The third-order valence-electron chi connectivity index (χ3n) is 4.22. The van der Waals surface area contributed by atoms with Crippen LogP contribution in [0.4, 0.5) is 13.2 Å². The fourth-order valence-electron chi connectivity index (χ4n) is 3.07. The second kappa shape index (κ2) is 4.97. The fraction of sp³-hybridized carbons (Fsp3) is 0.500. The van der Waals surface area contributed by atoms with E-state index in [9.17, 15) is 21.6 Å². The zero-order valence-electron chi connectivity index (χ0n) is 11.7. The highest BCUT2D eigenvalue weighted by atomic mass is 32.2. The molecule has 0 radical (unpaired) electrons. The lowest BCUT2D eigenvalue weighted by molar-refractivity contribution is -0.139. The van der Waals surface area contributed by atoms with Crippen molar-refractivity contribution in [1.29, 1.82) is 0 Å². The molecule has 22 heavy (non-hydrogen) atoms. The Hall–Kier alpha value is -1.57. The van der Waals surface area contributed by atoms with E-state index in [-0.39, 0.29) is 6.42 Å². The average molecular weight is 333 g/mol. The zero-order chi connectivity index (χ0) is 16.1. The van der Waals surface area contributed by atoms with E-state index in [0.29, 0.717) is 24.0 Å². The van der Waals surface area contributed by atoms with Gasteiger partial charge in [-0.15, -0.1) is 0 Å². The van der Waals surface area contributed by atoms with E-state index in [1.165, 1.54) is 6.20 Å². The van der Waals surface area contributed by atoms with Crippen LogP contribution in [0.1, 0.15) is 30.4 Å². The Kier molecular flexibility index (Phi) is 3.47. The van der Waals surface area contributed by atoms with Crippen molar-refractivity contribution in [2.45, 2.75) is 35.9 Å². The Labute approximate surface area is 125 Å². The molecule has 0 spiro atoms. The zero-order valence-corrected chi connectivity index (χ0v) is 12.5. The Morgan fingerprint density at radius 2 is 2.05 bits per heavy atom. The van der Waals surface area contributed by atoms with Crippen LogP contribution in [0.2, 0.25) is 0 Å². The smallest absolute Gasteiger partial charge is 0.421 e. The minimum Gasteiger partial charge on any atom is -0.481 e. The normalized spacial score (nSPS) is 26.6. The van der Waals surface area contributed by atoms with Crippen LogP contribution < -0.4 is 4.74 Å². The Morgan fingerprint density at radius 1 is 1.32 bits per heavy atom. The largest absolute Gasteiger partial charge is 0.481 e. The van der Waals surface area contributed by atoms with E-state index < -0.39 is 38.0 Å². The third-order valence-corrected chi connectivity index (χ3v) is 6.76. The quantitative estimate of drug-likeness (QED) is 0.835. The molecule has 2 unspecified atom stereocenters. The van der Waals surface area contributed by atoms with Crippen LogP contribution in [0.3, 0.4) is 0 Å². The van der Waals surface area contributed by atoms with Crippen LogP contribution in [-0.4, -0.2) is 31.0 Å². The highest BCUT2D eigenvalue weighted by Gasteiger charge is 2.43. The van der Waals surface area contributed by atoms with Crippen LogP contribution in [0, 0.1) is 0 Å². The monoisotopic (exact) mass is 333 g/mol. The molecule has 1 saturated heterocycles. The number of hydrogen-bond donors (Lipinski definition) is 0. The molecule has 2 aliphatic heterocycles. The molecular weight excluding hydrogens is 319 g/mol. The minimum absolute atomic E-state index is 0.240. The van der Waals surface area contributed by atoms with Gasteiger partial charge in [-0.1, -0.05) is 6.08 Å². The summed E-state index contributed by atoms with van der Waals surface area (Å²) in [4.78, 5) is 3.71. The van der Waals surface area contributed by atoms with Gasteiger partial charge in [-0.05, 0) is 36.5 Å². The van der Waals surface area contributed by atoms with Crippen molar-refractivity contribution in [3.8, 4) is 5.88 Å². The molecule has 4 nitrogen and oxygen atoms in total. The lowest BCUT2D eigenvalue weighted by Gasteiger charge is -2.21. The second-order valence-corrected chi connectivity index (χ2v) is 7.95. The van der Waals surface area contributed by atoms with Gasteiger partial charge in [0.05, 0.1) is 17.6 Å². The van der Waals surface area contributed by atoms with Gasteiger partial charge in [0.15, 0.2) is 9.84 Å². The molecule has 120 valence electrons. The average Bonchev–Trinajstić information content (AvgIpc) is 2.66. The number of nitrogens with zero attached hydrogens (tertiary/aromatic N) is 1. The number of hydrogen-bond acceptors (Lipinski definition) is 4. The lowest BCUT2D eigenvalue weighted by Crippen LogP contribution is -2.26. The van der Waals surface area contributed by atoms with Gasteiger partial charge >= 0.3 is 6.18 Å². The summed E-state index contributed by atoms with van der Waals surface area (Å²) in [6, 6.07) is 0.981. The van der Waals surface area contributed by atoms with Crippen molar-refractivity contribution in [2.75, 3.05) is 7.11 Å². The molecule has 0 aliphatic carbocycles. The maximum atomic E-state index is 13.0. The van der Waals surface area contributed by atoms with Gasteiger partial charge in [-0.25, -0.2) is 13.4 Å². The number of sulfone groups is 1. The van der Waals surface area contributed by atoms with Gasteiger partial charge in [0, 0.05) is 6.20 Å². The van der Waals surface area contributed by atoms with Gasteiger partial charge in [-0.2, -0.15) is 13.2 Å². The summed E-state index contributed by atoms with van der Waals surface area (Å²) in [7, 11) is -2.04. The van der Waals surface area contributed by atoms with Crippen molar-refractivity contribution in [3.05, 3.63) is 29.5 Å². The highest BCUT2D eigenvalue weighted by molar-refractivity contribution is 7.93. The standard InChI is InChI=1S/C14H14F3NO3S/c1-21-13-12(14(15,16)17)6-9(7-18-13)8-4-10-2-3-11(5-8)22(10,19)20/h4,6-7,10-11H,2-3,5H2,1H3. The number of allylic oxidation sites excluding steroid dienone is 1. The first-order chi connectivity index (χ1) is 10.2. The number of pyridine rings is 1. The molecule has 3 heterocycles. The van der Waals surface area contributed by atoms with Crippen molar-refractivity contribution in [2.24, 2.45) is 0 Å². The van der Waals surface area contributed by atoms with Crippen molar-refractivity contribution < 1.29 is 26.3 Å². The van der Waals surface area contributed by atoms with E-state index in [2.05, 4.69) is 9.72 Å². The summed E-state index contributed by atoms with van der Waals surface area (Å²) in [6.45, 7) is 0. The maximum absolute atomic E-state index is 13.0. The summed E-state index contributed by atoms with van der Waals surface area (Å²) >= 11 is 0. The fourth-order valence-corrected chi connectivity index (χ4v) is 5.26. The topological polar surface area (TPSA) is 56.3 Å². The minimum atomic E-state index is -4.57. The first kappa shape index (κ1) is 15.3. The van der Waals surface area contributed by atoms with Crippen LogP contribution in [0.25, 0.3) is 5.57 Å². The number of fused-ring (bicyclic) bond motifs is 2. The molecule has 1 aromatic rings. The Balaban J connectivity index is 2.04. The first-order valence-corrected chi connectivity index (χ1v) is 8.39. The van der Waals surface area contributed by atoms with Gasteiger partial charge in [0.1, 0.15) is 5.56 Å². The van der Waals surface area contributed by atoms with E-state index in [0.717, 1.165) is 13.2 Å². The van der Waals surface area contributed by atoms with Crippen LogP contribution in [0.5, 0.6) is 5.88 Å². The molecule has 2 bridgehead atoms. The van der Waals surface area contributed by atoms with Gasteiger partial charge in [0.25, 0.3) is 0 Å². The molecule has 0 aromatic carbocycles. The predicted molar refractivity (Wildman–Crippen MR) is 74.1 cm³/mol. The van der Waals surface area contributed by atoms with Gasteiger partial charge < -0.3 is 4.74 Å². The van der Waals surface area contributed by atoms with Crippen molar-refractivity contribution >= 4 is 15.4 Å². The van der Waals surface area contributed by atoms with Crippen LogP contribution >= 0.6 is 0 Å². The molecular formula is C14H14F3NO3S. The summed E-state index contributed by atoms with van der Waals surface area (Å²) in [5, 5.41) is -1.08. The number of rotatable bonds is 2. The SMILES string of the molecule is COc1ncc(C2=CC3CCC(C2)S3(=O)=O)cc1C(F)(F)F. The molecule has 3 rings (SSSR count). The summed E-state index contributed by atoms with van der Waals surface area (Å²) in [5.41, 5.74) is -0.0305. The predicted octanol–water partition coefficient (Wildman–Crippen LogP) is 2.84. The molecule has 2 atom stereocenters. The molecule has 0 N–H and O–H groups in total. The number of halogens is 3. The van der Waals surface area contributed by atoms with Gasteiger partial charge in [-0.3, -0.25) is 0 Å². The summed E-state index contributed by atoms with van der Waals surface area (Å²) < 4.78 is 67.8. The third kappa shape index (κ3) is 2.39. The summed E-state index contributed by atoms with van der Waals surface area (Å²) in [5.74, 6) is -0.483. The van der Waals surface area contributed by atoms with E-state index >= 15 is 0 Å². The number of methoxy groups -OCH3 is 1. The molecule has 8 heteroatoms. The van der Waals surface area contributed by atoms with E-state index in [4.69, 9.17) is 0 Å². The Bertz CT molecular complexity index is 740. The van der Waals surface area contributed by atoms with E-state index in [1.807, 2.05) is 0 Å². The number of alkyl halides is 3. The number of aromatic nitrogens is 1.